The minimum absolute atomic E-state index is 0.0810. The van der Waals surface area contributed by atoms with E-state index < -0.39 is 24.4 Å². The average molecular weight is 260 g/mol. The van der Waals surface area contributed by atoms with Crippen molar-refractivity contribution in [2.45, 2.75) is 51.0 Å². The van der Waals surface area contributed by atoms with Gasteiger partial charge in [0, 0.05) is 19.0 Å². The van der Waals surface area contributed by atoms with Crippen molar-refractivity contribution in [1.29, 1.82) is 0 Å². The Hall–Kier alpha value is -0.690. The maximum absolute atomic E-state index is 11.9. The van der Waals surface area contributed by atoms with Crippen LogP contribution in [0.2, 0.25) is 0 Å². The van der Waals surface area contributed by atoms with Crippen molar-refractivity contribution in [2.24, 2.45) is 5.92 Å². The SMILES string of the molecule is CCC(CC)C(=O)N[C@H]1CNC[C@H](O)[C@@H](O)[C@@H]1O. The molecule has 0 aromatic carbocycles. The number of nitrogens with one attached hydrogen (secondary N) is 2. The lowest BCUT2D eigenvalue weighted by Crippen LogP contribution is -2.53. The molecule has 4 atom stereocenters. The van der Waals surface area contributed by atoms with Crippen molar-refractivity contribution >= 4 is 5.91 Å². The number of aliphatic hydroxyl groups is 3. The topological polar surface area (TPSA) is 102 Å². The standard InChI is InChI=1S/C12H24N2O4/c1-3-7(4-2)12(18)14-8-5-13-6-9(15)11(17)10(8)16/h7-11,13,15-17H,3-6H2,1-2H3,(H,14,18)/t8-,9-,10+,11+/m0/s1. The largest absolute Gasteiger partial charge is 0.389 e. The van der Waals surface area contributed by atoms with Crippen LogP contribution in [0.25, 0.3) is 0 Å². The van der Waals surface area contributed by atoms with E-state index in [1.54, 1.807) is 0 Å². The molecule has 0 spiro atoms. The first-order valence-electron chi connectivity index (χ1n) is 6.56. The number of rotatable bonds is 4. The molecule has 0 bridgehead atoms. The normalized spacial score (nSPS) is 33.2. The zero-order valence-corrected chi connectivity index (χ0v) is 11.0. The maximum atomic E-state index is 11.9. The zero-order chi connectivity index (χ0) is 13.7. The van der Waals surface area contributed by atoms with Crippen molar-refractivity contribution in [1.82, 2.24) is 10.6 Å². The van der Waals surface area contributed by atoms with Gasteiger partial charge >= 0.3 is 0 Å². The Morgan fingerprint density at radius 3 is 2.39 bits per heavy atom. The lowest BCUT2D eigenvalue weighted by atomic mass is 9.99. The first kappa shape index (κ1) is 15.4. The summed E-state index contributed by atoms with van der Waals surface area (Å²) in [5, 5.41) is 34.7. The molecule has 1 aliphatic rings. The average Bonchev–Trinajstić information content (AvgIpc) is 2.46. The highest BCUT2D eigenvalue weighted by Crippen LogP contribution is 2.11. The fourth-order valence-corrected chi connectivity index (χ4v) is 2.19. The summed E-state index contributed by atoms with van der Waals surface area (Å²) >= 11 is 0. The smallest absolute Gasteiger partial charge is 0.223 e. The highest BCUT2D eigenvalue weighted by Gasteiger charge is 2.35. The predicted octanol–water partition coefficient (Wildman–Crippen LogP) is -1.41. The summed E-state index contributed by atoms with van der Waals surface area (Å²) in [6.07, 6.45) is -1.94. The first-order valence-corrected chi connectivity index (χ1v) is 6.56. The third-order valence-electron chi connectivity index (χ3n) is 3.56. The third kappa shape index (κ3) is 3.65. The van der Waals surface area contributed by atoms with Gasteiger partial charge in [-0.2, -0.15) is 0 Å². The molecule has 1 amide bonds. The van der Waals surface area contributed by atoms with E-state index in [1.165, 1.54) is 0 Å². The van der Waals surface area contributed by atoms with Gasteiger partial charge in [0.2, 0.25) is 5.91 Å². The van der Waals surface area contributed by atoms with Crippen LogP contribution in [-0.4, -0.2) is 58.7 Å². The summed E-state index contributed by atoms with van der Waals surface area (Å²) in [6, 6.07) is -0.578. The molecule has 0 unspecified atom stereocenters. The van der Waals surface area contributed by atoms with Gasteiger partial charge in [-0.1, -0.05) is 13.8 Å². The Kier molecular flexibility index (Phi) is 6.01. The van der Waals surface area contributed by atoms with Crippen LogP contribution in [0.4, 0.5) is 0 Å². The minimum atomic E-state index is -1.24. The minimum Gasteiger partial charge on any atom is -0.389 e. The molecular weight excluding hydrogens is 236 g/mol. The molecule has 1 fully saturated rings. The summed E-state index contributed by atoms with van der Waals surface area (Å²) in [4.78, 5) is 11.9. The van der Waals surface area contributed by atoms with Gasteiger partial charge in [0.25, 0.3) is 0 Å². The monoisotopic (exact) mass is 260 g/mol. The van der Waals surface area contributed by atoms with Gasteiger partial charge in [-0.05, 0) is 12.8 Å². The highest BCUT2D eigenvalue weighted by molar-refractivity contribution is 5.78. The van der Waals surface area contributed by atoms with Crippen molar-refractivity contribution in [3.05, 3.63) is 0 Å². The van der Waals surface area contributed by atoms with Crippen molar-refractivity contribution < 1.29 is 20.1 Å². The Morgan fingerprint density at radius 1 is 1.22 bits per heavy atom. The number of hydrogen-bond acceptors (Lipinski definition) is 5. The predicted molar refractivity (Wildman–Crippen MR) is 66.9 cm³/mol. The molecule has 18 heavy (non-hydrogen) atoms. The molecule has 106 valence electrons. The highest BCUT2D eigenvalue weighted by atomic mass is 16.4. The van der Waals surface area contributed by atoms with E-state index >= 15 is 0 Å². The second-order valence-electron chi connectivity index (χ2n) is 4.84. The van der Waals surface area contributed by atoms with Gasteiger partial charge in [-0.15, -0.1) is 0 Å². The second-order valence-corrected chi connectivity index (χ2v) is 4.84. The van der Waals surface area contributed by atoms with E-state index in [4.69, 9.17) is 0 Å². The molecular formula is C12H24N2O4. The van der Waals surface area contributed by atoms with Crippen LogP contribution in [0, 0.1) is 5.92 Å². The van der Waals surface area contributed by atoms with Gasteiger partial charge in [0.15, 0.2) is 0 Å². The molecule has 0 aromatic heterocycles. The van der Waals surface area contributed by atoms with E-state index in [-0.39, 0.29) is 18.4 Å². The van der Waals surface area contributed by atoms with Crippen molar-refractivity contribution in [2.75, 3.05) is 13.1 Å². The molecule has 0 aliphatic carbocycles. The van der Waals surface area contributed by atoms with Crippen molar-refractivity contribution in [3.63, 3.8) is 0 Å². The Balaban J connectivity index is 2.62. The fourth-order valence-electron chi connectivity index (χ4n) is 2.19. The van der Waals surface area contributed by atoms with Gasteiger partial charge < -0.3 is 26.0 Å². The quantitative estimate of drug-likeness (QED) is 0.428. The van der Waals surface area contributed by atoms with Gasteiger partial charge in [0.05, 0.1) is 12.1 Å². The van der Waals surface area contributed by atoms with Crippen LogP contribution >= 0.6 is 0 Å². The number of amides is 1. The molecule has 1 heterocycles. The lowest BCUT2D eigenvalue weighted by Gasteiger charge is -2.27. The number of hydrogen-bond donors (Lipinski definition) is 5. The van der Waals surface area contributed by atoms with Crippen LogP contribution < -0.4 is 10.6 Å². The molecule has 0 aromatic rings. The summed E-state index contributed by atoms with van der Waals surface area (Å²) in [7, 11) is 0. The zero-order valence-electron chi connectivity index (χ0n) is 11.0. The Morgan fingerprint density at radius 2 is 1.83 bits per heavy atom. The fraction of sp³-hybridized carbons (Fsp3) is 0.917. The van der Waals surface area contributed by atoms with Crippen LogP contribution in [0.15, 0.2) is 0 Å². The first-order chi connectivity index (χ1) is 8.51. The van der Waals surface area contributed by atoms with Gasteiger partial charge in [-0.25, -0.2) is 0 Å². The maximum Gasteiger partial charge on any atom is 0.223 e. The Labute approximate surface area is 107 Å². The molecule has 1 aliphatic heterocycles. The lowest BCUT2D eigenvalue weighted by molar-refractivity contribution is -0.128. The molecule has 1 saturated heterocycles. The third-order valence-corrected chi connectivity index (χ3v) is 3.56. The second kappa shape index (κ2) is 7.04. The van der Waals surface area contributed by atoms with Crippen LogP contribution in [0.1, 0.15) is 26.7 Å². The van der Waals surface area contributed by atoms with Crippen molar-refractivity contribution in [3.8, 4) is 0 Å². The Bertz CT molecular complexity index is 271. The summed E-state index contributed by atoms with van der Waals surface area (Å²) < 4.78 is 0. The number of carbonyl (C=O) groups is 1. The van der Waals surface area contributed by atoms with Crippen LogP contribution in [0.3, 0.4) is 0 Å². The van der Waals surface area contributed by atoms with E-state index in [9.17, 15) is 20.1 Å². The van der Waals surface area contributed by atoms with Crippen LogP contribution in [-0.2, 0) is 4.79 Å². The molecule has 1 rings (SSSR count). The van der Waals surface area contributed by atoms with Crippen LogP contribution in [0.5, 0.6) is 0 Å². The van der Waals surface area contributed by atoms with E-state index in [1.807, 2.05) is 13.8 Å². The molecule has 0 saturated carbocycles. The molecule has 6 heteroatoms. The molecule has 0 radical (unpaired) electrons. The number of β-amino-alcohol motifs (C(OH)–C–C–N with tert-alkyl or cyclic N) is 1. The summed E-state index contributed by atoms with van der Waals surface area (Å²) in [5.74, 6) is -0.197. The summed E-state index contributed by atoms with van der Waals surface area (Å²) in [6.45, 7) is 4.42. The van der Waals surface area contributed by atoms with Gasteiger partial charge in [-0.3, -0.25) is 4.79 Å². The van der Waals surface area contributed by atoms with E-state index in [0.29, 0.717) is 6.54 Å². The number of carbonyl (C=O) groups excluding carboxylic acids is 1. The summed E-state index contributed by atoms with van der Waals surface area (Å²) in [5.41, 5.74) is 0. The van der Waals surface area contributed by atoms with Gasteiger partial charge in [0.1, 0.15) is 12.2 Å². The number of aliphatic hydroxyl groups excluding tert-OH is 3. The molecule has 5 N–H and O–H groups in total. The molecule has 6 nitrogen and oxygen atoms in total. The van der Waals surface area contributed by atoms with E-state index in [2.05, 4.69) is 10.6 Å². The van der Waals surface area contributed by atoms with E-state index in [0.717, 1.165) is 12.8 Å².